The van der Waals surface area contributed by atoms with Crippen LogP contribution in [-0.2, 0) is 13.1 Å². The van der Waals surface area contributed by atoms with E-state index in [1.165, 1.54) is 0 Å². The number of halogens is 1. The third-order valence-corrected chi connectivity index (χ3v) is 2.72. The van der Waals surface area contributed by atoms with Crippen LogP contribution in [0.5, 0.6) is 0 Å². The van der Waals surface area contributed by atoms with Gasteiger partial charge in [-0.2, -0.15) is 4.98 Å². The smallest absolute Gasteiger partial charge is 0.240 e. The van der Waals surface area contributed by atoms with Crippen LogP contribution in [0.2, 0.25) is 5.02 Å². The fourth-order valence-corrected chi connectivity index (χ4v) is 1.81. The van der Waals surface area contributed by atoms with Crippen molar-refractivity contribution in [1.82, 2.24) is 15.5 Å². The van der Waals surface area contributed by atoms with Crippen molar-refractivity contribution in [3.05, 3.63) is 46.1 Å². The standard InChI is InChI=1S/C12H14ClN3O/c1-8-3-4-10(11(13)5-8)6-14-7-12-15-9(2)16-17-12/h3-5,14H,6-7H2,1-2H3. The first-order valence-electron chi connectivity index (χ1n) is 5.40. The lowest BCUT2D eigenvalue weighted by molar-refractivity contribution is 0.364. The molecule has 0 saturated heterocycles. The highest BCUT2D eigenvalue weighted by Crippen LogP contribution is 2.17. The van der Waals surface area contributed by atoms with Gasteiger partial charge in [-0.15, -0.1) is 0 Å². The molecule has 1 N–H and O–H groups in total. The van der Waals surface area contributed by atoms with E-state index in [2.05, 4.69) is 15.5 Å². The zero-order chi connectivity index (χ0) is 12.3. The predicted molar refractivity (Wildman–Crippen MR) is 65.8 cm³/mol. The van der Waals surface area contributed by atoms with Crippen molar-refractivity contribution in [2.24, 2.45) is 0 Å². The van der Waals surface area contributed by atoms with Crippen LogP contribution >= 0.6 is 11.6 Å². The quantitative estimate of drug-likeness (QED) is 0.908. The molecule has 0 fully saturated rings. The maximum absolute atomic E-state index is 6.12. The molecule has 5 heteroatoms. The summed E-state index contributed by atoms with van der Waals surface area (Å²) in [5.41, 5.74) is 2.22. The van der Waals surface area contributed by atoms with Crippen LogP contribution < -0.4 is 5.32 Å². The third-order valence-electron chi connectivity index (χ3n) is 2.37. The van der Waals surface area contributed by atoms with Crippen molar-refractivity contribution >= 4 is 11.6 Å². The van der Waals surface area contributed by atoms with Crippen molar-refractivity contribution in [2.75, 3.05) is 0 Å². The highest BCUT2D eigenvalue weighted by Gasteiger charge is 2.03. The first kappa shape index (κ1) is 12.1. The summed E-state index contributed by atoms with van der Waals surface area (Å²) in [6, 6.07) is 6.01. The van der Waals surface area contributed by atoms with Crippen LogP contribution in [0.1, 0.15) is 22.8 Å². The lowest BCUT2D eigenvalue weighted by Crippen LogP contribution is -2.13. The van der Waals surface area contributed by atoms with Crippen LogP contribution in [0.3, 0.4) is 0 Å². The van der Waals surface area contributed by atoms with E-state index in [-0.39, 0.29) is 0 Å². The maximum atomic E-state index is 6.12. The van der Waals surface area contributed by atoms with Gasteiger partial charge in [0.05, 0.1) is 6.54 Å². The number of hydrogen-bond acceptors (Lipinski definition) is 4. The van der Waals surface area contributed by atoms with Crippen molar-refractivity contribution in [3.8, 4) is 0 Å². The topological polar surface area (TPSA) is 51.0 Å². The fourth-order valence-electron chi connectivity index (χ4n) is 1.51. The summed E-state index contributed by atoms with van der Waals surface area (Å²) in [6.07, 6.45) is 0. The normalized spacial score (nSPS) is 10.8. The van der Waals surface area contributed by atoms with Crippen LogP contribution in [0.4, 0.5) is 0 Å². The van der Waals surface area contributed by atoms with E-state index < -0.39 is 0 Å². The minimum absolute atomic E-state index is 0.547. The van der Waals surface area contributed by atoms with E-state index in [0.29, 0.717) is 24.8 Å². The molecule has 0 spiro atoms. The number of aromatic nitrogens is 2. The van der Waals surface area contributed by atoms with Gasteiger partial charge in [-0.05, 0) is 31.0 Å². The van der Waals surface area contributed by atoms with Crippen LogP contribution in [0.25, 0.3) is 0 Å². The summed E-state index contributed by atoms with van der Waals surface area (Å²) in [5.74, 6) is 1.24. The van der Waals surface area contributed by atoms with Crippen LogP contribution in [-0.4, -0.2) is 10.1 Å². The number of rotatable bonds is 4. The second-order valence-corrected chi connectivity index (χ2v) is 4.34. The van der Waals surface area contributed by atoms with Crippen molar-refractivity contribution in [2.45, 2.75) is 26.9 Å². The van der Waals surface area contributed by atoms with Gasteiger partial charge in [-0.25, -0.2) is 0 Å². The average Bonchev–Trinajstić information content (AvgIpc) is 2.68. The highest BCUT2D eigenvalue weighted by molar-refractivity contribution is 6.31. The summed E-state index contributed by atoms with van der Waals surface area (Å²) in [4.78, 5) is 4.11. The van der Waals surface area contributed by atoms with Gasteiger partial charge in [0.15, 0.2) is 5.82 Å². The summed E-state index contributed by atoms with van der Waals surface area (Å²) in [5, 5.41) is 7.71. The SMILES string of the molecule is Cc1ccc(CNCc2nc(C)no2)c(Cl)c1. The van der Waals surface area contributed by atoms with Crippen molar-refractivity contribution < 1.29 is 4.52 Å². The number of aryl methyl sites for hydroxylation is 2. The van der Waals surface area contributed by atoms with Crippen LogP contribution in [0.15, 0.2) is 22.7 Å². The molecule has 0 bridgehead atoms. The van der Waals surface area contributed by atoms with Gasteiger partial charge in [0.2, 0.25) is 5.89 Å². The Morgan fingerprint density at radius 1 is 1.29 bits per heavy atom. The molecule has 0 radical (unpaired) electrons. The molecule has 1 aromatic carbocycles. The van der Waals surface area contributed by atoms with Crippen molar-refractivity contribution in [1.29, 1.82) is 0 Å². The van der Waals surface area contributed by atoms with Crippen LogP contribution in [0, 0.1) is 13.8 Å². The molecule has 0 atom stereocenters. The molecule has 0 aliphatic heterocycles. The van der Waals surface area contributed by atoms with Gasteiger partial charge < -0.3 is 9.84 Å². The molecule has 0 saturated carbocycles. The van der Waals surface area contributed by atoms with Gasteiger partial charge in [0.25, 0.3) is 0 Å². The van der Waals surface area contributed by atoms with Gasteiger partial charge in [-0.3, -0.25) is 0 Å². The second-order valence-electron chi connectivity index (χ2n) is 3.93. The Morgan fingerprint density at radius 3 is 2.76 bits per heavy atom. The Morgan fingerprint density at radius 2 is 2.12 bits per heavy atom. The Bertz CT molecular complexity index is 510. The molecule has 0 unspecified atom stereocenters. The number of benzene rings is 1. The van der Waals surface area contributed by atoms with E-state index in [9.17, 15) is 0 Å². The molecule has 2 aromatic rings. The third kappa shape index (κ3) is 3.28. The van der Waals surface area contributed by atoms with E-state index in [1.54, 1.807) is 6.92 Å². The Labute approximate surface area is 105 Å². The summed E-state index contributed by atoms with van der Waals surface area (Å²) in [7, 11) is 0. The van der Waals surface area contributed by atoms with E-state index in [0.717, 1.165) is 16.1 Å². The maximum Gasteiger partial charge on any atom is 0.240 e. The Balaban J connectivity index is 1.90. The lowest BCUT2D eigenvalue weighted by Gasteiger charge is -2.05. The molecule has 17 heavy (non-hydrogen) atoms. The first-order valence-corrected chi connectivity index (χ1v) is 5.78. The van der Waals surface area contributed by atoms with E-state index in [1.807, 2.05) is 25.1 Å². The molecular formula is C12H14ClN3O. The molecule has 0 amide bonds. The minimum Gasteiger partial charge on any atom is -0.338 e. The van der Waals surface area contributed by atoms with Gasteiger partial charge in [0, 0.05) is 11.6 Å². The zero-order valence-corrected chi connectivity index (χ0v) is 10.6. The predicted octanol–water partition coefficient (Wildman–Crippen LogP) is 2.63. The zero-order valence-electron chi connectivity index (χ0n) is 9.83. The Hall–Kier alpha value is -1.39. The lowest BCUT2D eigenvalue weighted by atomic mass is 10.1. The van der Waals surface area contributed by atoms with E-state index in [4.69, 9.17) is 16.1 Å². The molecule has 0 aliphatic carbocycles. The van der Waals surface area contributed by atoms with Gasteiger partial charge >= 0.3 is 0 Å². The molecule has 2 rings (SSSR count). The van der Waals surface area contributed by atoms with Crippen molar-refractivity contribution in [3.63, 3.8) is 0 Å². The first-order chi connectivity index (χ1) is 8.15. The molecule has 4 nitrogen and oxygen atoms in total. The largest absolute Gasteiger partial charge is 0.338 e. The molecule has 0 aliphatic rings. The van der Waals surface area contributed by atoms with E-state index >= 15 is 0 Å². The number of nitrogens with zero attached hydrogens (tertiary/aromatic N) is 2. The monoisotopic (exact) mass is 251 g/mol. The molecular weight excluding hydrogens is 238 g/mol. The Kier molecular flexibility index (Phi) is 3.76. The molecule has 90 valence electrons. The summed E-state index contributed by atoms with van der Waals surface area (Å²) >= 11 is 6.12. The summed E-state index contributed by atoms with van der Waals surface area (Å²) in [6.45, 7) is 5.04. The highest BCUT2D eigenvalue weighted by atomic mass is 35.5. The minimum atomic E-state index is 0.547. The average molecular weight is 252 g/mol. The molecule has 1 heterocycles. The molecule has 1 aromatic heterocycles. The fraction of sp³-hybridized carbons (Fsp3) is 0.333. The number of hydrogen-bond donors (Lipinski definition) is 1. The van der Waals surface area contributed by atoms with Gasteiger partial charge in [0.1, 0.15) is 0 Å². The van der Waals surface area contributed by atoms with Gasteiger partial charge in [-0.1, -0.05) is 28.9 Å². The number of nitrogens with one attached hydrogen (secondary N) is 1. The summed E-state index contributed by atoms with van der Waals surface area (Å²) < 4.78 is 4.99. The second kappa shape index (κ2) is 5.29.